The van der Waals surface area contributed by atoms with Crippen molar-refractivity contribution in [2.24, 2.45) is 0 Å². The Labute approximate surface area is 188 Å². The van der Waals surface area contributed by atoms with Crippen molar-refractivity contribution >= 4 is 24.8 Å². The molecule has 5 heterocycles. The van der Waals surface area contributed by atoms with Gasteiger partial charge in [0.15, 0.2) is 17.7 Å². The highest BCUT2D eigenvalue weighted by molar-refractivity contribution is 7.48. The molecule has 4 N–H and O–H groups in total. The first-order valence-electron chi connectivity index (χ1n) is 10.2. The van der Waals surface area contributed by atoms with E-state index in [4.69, 9.17) is 24.0 Å². The largest absolute Gasteiger partial charge is 0.475 e. The number of nitrogen functional groups attached to an aromatic ring is 1. The average molecular weight is 478 g/mol. The molecule has 2 aliphatic heterocycles. The van der Waals surface area contributed by atoms with Crippen LogP contribution in [0, 0.1) is 0 Å². The second-order valence-electron chi connectivity index (χ2n) is 8.03. The normalized spacial score (nSPS) is 34.6. The highest BCUT2D eigenvalue weighted by atomic mass is 31.2. The molecule has 176 valence electrons. The summed E-state index contributed by atoms with van der Waals surface area (Å²) in [5.41, 5.74) is 5.49. The number of aliphatic hydroxyl groups is 2. The second kappa shape index (κ2) is 8.37. The number of phosphoric acid groups is 1. The fourth-order valence-electron chi connectivity index (χ4n) is 3.96. The third kappa shape index (κ3) is 4.02. The molecule has 5 rings (SSSR count). The summed E-state index contributed by atoms with van der Waals surface area (Å²) < 4.78 is 36.7. The molecule has 0 spiro atoms. The number of pyridine rings is 1. The van der Waals surface area contributed by atoms with E-state index in [1.807, 2.05) is 6.07 Å². The molecule has 6 atom stereocenters. The lowest BCUT2D eigenvalue weighted by Crippen LogP contribution is -2.44. The molecule has 1 unspecified atom stereocenters. The zero-order valence-electron chi connectivity index (χ0n) is 17.6. The topological polar surface area (TPSA) is 177 Å². The van der Waals surface area contributed by atoms with Gasteiger partial charge in [0.25, 0.3) is 0 Å². The monoisotopic (exact) mass is 478 g/mol. The van der Waals surface area contributed by atoms with Gasteiger partial charge in [-0.2, -0.15) is 0 Å². The fourth-order valence-corrected chi connectivity index (χ4v) is 5.35. The Bertz CT molecular complexity index is 1190. The maximum absolute atomic E-state index is 13.0. The summed E-state index contributed by atoms with van der Waals surface area (Å²) in [5.74, 6) is 0.171. The van der Waals surface area contributed by atoms with Crippen molar-refractivity contribution in [2.75, 3.05) is 18.9 Å². The maximum Gasteiger partial charge on any atom is 0.475 e. The predicted molar refractivity (Wildman–Crippen MR) is 112 cm³/mol. The molecule has 14 heteroatoms. The van der Waals surface area contributed by atoms with Gasteiger partial charge in [-0.15, -0.1) is 0 Å². The molecule has 0 radical (unpaired) electrons. The Morgan fingerprint density at radius 3 is 3.03 bits per heavy atom. The minimum Gasteiger partial charge on any atom is -0.387 e. The summed E-state index contributed by atoms with van der Waals surface area (Å²) in [6.07, 6.45) is 2.38. The van der Waals surface area contributed by atoms with Crippen molar-refractivity contribution in [3.8, 4) is 0 Å². The molecular formula is C19H23N6O7P. The smallest absolute Gasteiger partial charge is 0.387 e. The number of hydrogen-bond donors (Lipinski definition) is 3. The molecule has 0 amide bonds. The molecular weight excluding hydrogens is 455 g/mol. The number of hydrogen-bond acceptors (Lipinski definition) is 12. The summed E-state index contributed by atoms with van der Waals surface area (Å²) in [4.78, 5) is 16.2. The van der Waals surface area contributed by atoms with E-state index in [1.165, 1.54) is 24.1 Å². The number of imidazole rings is 1. The van der Waals surface area contributed by atoms with Crippen LogP contribution in [0.1, 0.15) is 31.2 Å². The zero-order chi connectivity index (χ0) is 23.2. The van der Waals surface area contributed by atoms with Crippen LogP contribution in [0.4, 0.5) is 5.82 Å². The summed E-state index contributed by atoms with van der Waals surface area (Å²) >= 11 is 0. The highest BCUT2D eigenvalue weighted by Crippen LogP contribution is 2.57. The van der Waals surface area contributed by atoms with Crippen molar-refractivity contribution in [3.05, 3.63) is 42.7 Å². The van der Waals surface area contributed by atoms with Gasteiger partial charge in [0, 0.05) is 18.8 Å². The SMILES string of the molecule is C[C@@]1(O)[C@H](O)[C@@H](COP2(=O)OCC[C@@H](c3cccnc3)O2)O[C@H]1n1cnc2c(N)ncnc21. The van der Waals surface area contributed by atoms with Crippen molar-refractivity contribution < 1.29 is 33.1 Å². The average Bonchev–Trinajstić information content (AvgIpc) is 3.33. The Hall–Kier alpha value is -2.51. The molecule has 2 fully saturated rings. The van der Waals surface area contributed by atoms with E-state index in [9.17, 15) is 14.8 Å². The van der Waals surface area contributed by atoms with Crippen LogP contribution in [0.25, 0.3) is 11.2 Å². The molecule has 13 nitrogen and oxygen atoms in total. The summed E-state index contributed by atoms with van der Waals surface area (Å²) in [6.45, 7) is 1.22. The number of nitrogens with two attached hydrogens (primary N) is 1. The number of phosphoric ester groups is 1. The van der Waals surface area contributed by atoms with E-state index in [0.29, 0.717) is 17.6 Å². The molecule has 0 saturated carbocycles. The van der Waals surface area contributed by atoms with Gasteiger partial charge in [0.05, 0.1) is 25.6 Å². The molecule has 0 bridgehead atoms. The summed E-state index contributed by atoms with van der Waals surface area (Å²) in [7, 11) is -3.94. The van der Waals surface area contributed by atoms with Crippen LogP contribution in [0.5, 0.6) is 0 Å². The summed E-state index contributed by atoms with van der Waals surface area (Å²) in [6, 6.07) is 3.56. The van der Waals surface area contributed by atoms with E-state index < -0.39 is 38.0 Å². The van der Waals surface area contributed by atoms with Gasteiger partial charge in [-0.25, -0.2) is 19.5 Å². The number of rotatable bonds is 5. The van der Waals surface area contributed by atoms with Crippen LogP contribution in [-0.4, -0.2) is 65.7 Å². The highest BCUT2D eigenvalue weighted by Gasteiger charge is 2.54. The van der Waals surface area contributed by atoms with Crippen LogP contribution in [-0.2, 0) is 22.9 Å². The lowest BCUT2D eigenvalue weighted by molar-refractivity contribution is -0.0953. The molecule has 2 saturated heterocycles. The predicted octanol–water partition coefficient (Wildman–Crippen LogP) is 1.12. The molecule has 33 heavy (non-hydrogen) atoms. The molecule has 3 aromatic heterocycles. The number of aliphatic hydroxyl groups excluding tert-OH is 1. The minimum atomic E-state index is -3.94. The maximum atomic E-state index is 13.0. The van der Waals surface area contributed by atoms with Crippen LogP contribution in [0.2, 0.25) is 0 Å². The number of anilines is 1. The third-order valence-electron chi connectivity index (χ3n) is 5.73. The first kappa shape index (κ1) is 22.3. The Morgan fingerprint density at radius 1 is 1.39 bits per heavy atom. The van der Waals surface area contributed by atoms with Crippen LogP contribution < -0.4 is 5.73 Å². The van der Waals surface area contributed by atoms with Gasteiger partial charge in [-0.3, -0.25) is 23.1 Å². The fraction of sp³-hybridized carbons (Fsp3) is 0.474. The Morgan fingerprint density at radius 2 is 2.24 bits per heavy atom. The van der Waals surface area contributed by atoms with E-state index in [-0.39, 0.29) is 19.0 Å². The molecule has 2 aliphatic rings. The van der Waals surface area contributed by atoms with E-state index >= 15 is 0 Å². The van der Waals surface area contributed by atoms with Gasteiger partial charge in [0.2, 0.25) is 0 Å². The molecule has 0 aromatic carbocycles. The van der Waals surface area contributed by atoms with Gasteiger partial charge >= 0.3 is 7.82 Å². The first-order valence-corrected chi connectivity index (χ1v) is 11.7. The minimum absolute atomic E-state index is 0.160. The van der Waals surface area contributed by atoms with Crippen molar-refractivity contribution in [1.82, 2.24) is 24.5 Å². The number of aromatic nitrogens is 5. The van der Waals surface area contributed by atoms with Crippen LogP contribution in [0.3, 0.4) is 0 Å². The number of fused-ring (bicyclic) bond motifs is 1. The van der Waals surface area contributed by atoms with E-state index in [1.54, 1.807) is 18.5 Å². The van der Waals surface area contributed by atoms with E-state index in [0.717, 1.165) is 5.56 Å². The van der Waals surface area contributed by atoms with Gasteiger partial charge in [-0.1, -0.05) is 6.07 Å². The van der Waals surface area contributed by atoms with Crippen LogP contribution >= 0.6 is 7.82 Å². The second-order valence-corrected chi connectivity index (χ2v) is 9.65. The zero-order valence-corrected chi connectivity index (χ0v) is 18.5. The van der Waals surface area contributed by atoms with Crippen LogP contribution in [0.15, 0.2) is 37.2 Å². The standard InChI is InChI=1S/C19H23N6O7P/c1-19(27)15(26)13(31-18(19)25-10-24-14-16(20)22-9-23-17(14)25)8-30-33(28)29-6-4-12(32-33)11-3-2-5-21-7-11/h2-3,5,7,9-10,12-13,15,18,26-27H,4,6,8H2,1H3,(H2,20,22,23)/t12-,13+,15+,18+,19+,33?/m0/s1. The quantitative estimate of drug-likeness (QED) is 0.446. The number of nitrogens with zero attached hydrogens (tertiary/aromatic N) is 5. The lowest BCUT2D eigenvalue weighted by Gasteiger charge is -2.29. The van der Waals surface area contributed by atoms with Gasteiger partial charge in [-0.05, 0) is 18.6 Å². The molecule has 0 aliphatic carbocycles. The molecule has 3 aromatic rings. The van der Waals surface area contributed by atoms with Gasteiger partial charge in [0.1, 0.15) is 29.7 Å². The van der Waals surface area contributed by atoms with Crippen molar-refractivity contribution in [3.63, 3.8) is 0 Å². The van der Waals surface area contributed by atoms with Gasteiger partial charge < -0.3 is 20.7 Å². The van der Waals surface area contributed by atoms with E-state index in [2.05, 4.69) is 19.9 Å². The first-order chi connectivity index (χ1) is 15.8. The Balaban J connectivity index is 1.31. The lowest BCUT2D eigenvalue weighted by atomic mass is 9.96. The number of ether oxygens (including phenoxy) is 1. The Kier molecular flexibility index (Phi) is 5.65. The third-order valence-corrected chi connectivity index (χ3v) is 7.21. The van der Waals surface area contributed by atoms with Crippen molar-refractivity contribution in [2.45, 2.75) is 43.5 Å². The van der Waals surface area contributed by atoms with Crippen molar-refractivity contribution in [1.29, 1.82) is 0 Å². The summed E-state index contributed by atoms with van der Waals surface area (Å²) in [5, 5.41) is 21.7.